The number of aliphatic hydroxyl groups excluding tert-OH is 1. The molecule has 0 aromatic heterocycles. The maximum atomic E-state index is 10.3. The maximum Gasteiger partial charge on any atom is 0.119 e. The number of morpholine rings is 1. The van der Waals surface area contributed by atoms with Crippen molar-refractivity contribution in [2.24, 2.45) is 0 Å². The monoisotopic (exact) mass is 455 g/mol. The fourth-order valence-corrected chi connectivity index (χ4v) is 3.56. The summed E-state index contributed by atoms with van der Waals surface area (Å²) in [5, 5.41) is 10.3. The number of β-amino-alcohol motifs (C(OH)–C–C–N with tert-alkyl or cyclic N) is 1. The molecule has 148 valence electrons. The van der Waals surface area contributed by atoms with Gasteiger partial charge in [0.15, 0.2) is 0 Å². The number of nitrogens with zero attached hydrogens (tertiary/aromatic N) is 1. The highest BCUT2D eigenvalue weighted by molar-refractivity contribution is 9.10. The molecule has 0 bridgehead atoms. The first-order chi connectivity index (χ1) is 12.6. The van der Waals surface area contributed by atoms with Gasteiger partial charge in [-0.1, -0.05) is 47.1 Å². The highest BCUT2D eigenvalue weighted by Gasteiger charge is 2.23. The SMILES string of the molecule is CCc1ccc(OCC(O)CN2CCOC(c3cccc(Br)c3)C2)cc1.Cl. The van der Waals surface area contributed by atoms with Gasteiger partial charge in [0.2, 0.25) is 0 Å². The molecule has 1 fully saturated rings. The van der Waals surface area contributed by atoms with Gasteiger partial charge in [0.25, 0.3) is 0 Å². The van der Waals surface area contributed by atoms with E-state index >= 15 is 0 Å². The van der Waals surface area contributed by atoms with Crippen LogP contribution in [0.2, 0.25) is 0 Å². The van der Waals surface area contributed by atoms with Crippen molar-refractivity contribution < 1.29 is 14.6 Å². The number of benzene rings is 2. The normalized spacial score (nSPS) is 18.6. The van der Waals surface area contributed by atoms with Crippen LogP contribution in [0.1, 0.15) is 24.2 Å². The summed E-state index contributed by atoms with van der Waals surface area (Å²) in [4.78, 5) is 2.24. The summed E-state index contributed by atoms with van der Waals surface area (Å²) in [6.45, 7) is 5.28. The van der Waals surface area contributed by atoms with E-state index in [4.69, 9.17) is 9.47 Å². The van der Waals surface area contributed by atoms with Crippen LogP contribution in [0, 0.1) is 0 Å². The van der Waals surface area contributed by atoms with Gasteiger partial charge in [-0.3, -0.25) is 4.90 Å². The van der Waals surface area contributed by atoms with Gasteiger partial charge in [-0.05, 0) is 41.8 Å². The highest BCUT2D eigenvalue weighted by atomic mass is 79.9. The summed E-state index contributed by atoms with van der Waals surface area (Å²) in [6.07, 6.45) is 0.525. The minimum atomic E-state index is -0.526. The first-order valence-corrected chi connectivity index (χ1v) is 9.92. The van der Waals surface area contributed by atoms with Crippen molar-refractivity contribution in [1.82, 2.24) is 4.90 Å². The van der Waals surface area contributed by atoms with Crippen molar-refractivity contribution in [3.63, 3.8) is 0 Å². The predicted molar refractivity (Wildman–Crippen MR) is 114 cm³/mol. The van der Waals surface area contributed by atoms with Crippen molar-refractivity contribution in [1.29, 1.82) is 0 Å². The second kappa shape index (κ2) is 11.0. The zero-order chi connectivity index (χ0) is 18.4. The van der Waals surface area contributed by atoms with Gasteiger partial charge < -0.3 is 14.6 Å². The van der Waals surface area contributed by atoms with Crippen LogP contribution in [0.15, 0.2) is 53.0 Å². The third-order valence-corrected chi connectivity index (χ3v) is 5.11. The van der Waals surface area contributed by atoms with E-state index in [1.54, 1.807) is 0 Å². The summed E-state index contributed by atoms with van der Waals surface area (Å²) in [7, 11) is 0. The smallest absolute Gasteiger partial charge is 0.119 e. The predicted octanol–water partition coefficient (Wildman–Crippen LogP) is 4.25. The summed E-state index contributed by atoms with van der Waals surface area (Å²) in [5.74, 6) is 0.801. The van der Waals surface area contributed by atoms with Gasteiger partial charge in [-0.15, -0.1) is 12.4 Å². The fourth-order valence-electron chi connectivity index (χ4n) is 3.14. The van der Waals surface area contributed by atoms with E-state index in [0.717, 1.165) is 35.3 Å². The molecule has 1 N–H and O–H groups in total. The van der Waals surface area contributed by atoms with Crippen molar-refractivity contribution in [2.75, 3.05) is 32.8 Å². The summed E-state index contributed by atoms with van der Waals surface area (Å²) >= 11 is 3.51. The molecule has 2 aromatic rings. The first-order valence-electron chi connectivity index (χ1n) is 9.13. The van der Waals surface area contributed by atoms with E-state index in [9.17, 15) is 5.11 Å². The molecule has 6 heteroatoms. The molecule has 1 saturated heterocycles. The number of aryl methyl sites for hydroxylation is 1. The average molecular weight is 457 g/mol. The molecular weight excluding hydrogens is 430 g/mol. The van der Waals surface area contributed by atoms with Crippen LogP contribution < -0.4 is 4.74 Å². The molecule has 2 unspecified atom stereocenters. The maximum absolute atomic E-state index is 10.3. The van der Waals surface area contributed by atoms with E-state index in [0.29, 0.717) is 19.8 Å². The number of aliphatic hydroxyl groups is 1. The standard InChI is InChI=1S/C21H26BrNO3.ClH/c1-2-16-6-8-20(9-7-16)26-15-19(24)13-23-10-11-25-21(14-23)17-4-3-5-18(22)12-17;/h3-9,12,19,21,24H,2,10-11,13-15H2,1H3;1H. The minimum Gasteiger partial charge on any atom is -0.491 e. The third-order valence-electron chi connectivity index (χ3n) is 4.61. The van der Waals surface area contributed by atoms with Crippen molar-refractivity contribution >= 4 is 28.3 Å². The Balaban J connectivity index is 0.00000261. The quantitative estimate of drug-likeness (QED) is 0.676. The topological polar surface area (TPSA) is 41.9 Å². The summed E-state index contributed by atoms with van der Waals surface area (Å²) in [5.41, 5.74) is 2.44. The first kappa shape index (κ1) is 22.2. The van der Waals surface area contributed by atoms with Gasteiger partial charge in [0.05, 0.1) is 12.7 Å². The molecule has 2 atom stereocenters. The zero-order valence-corrected chi connectivity index (χ0v) is 17.9. The lowest BCUT2D eigenvalue weighted by Gasteiger charge is -2.34. The van der Waals surface area contributed by atoms with Crippen LogP contribution in [-0.2, 0) is 11.2 Å². The molecule has 1 heterocycles. The Hall–Kier alpha value is -1.11. The van der Waals surface area contributed by atoms with Crippen LogP contribution in [0.25, 0.3) is 0 Å². The Morgan fingerprint density at radius 3 is 2.74 bits per heavy atom. The Bertz CT molecular complexity index is 698. The fraction of sp³-hybridized carbons (Fsp3) is 0.429. The highest BCUT2D eigenvalue weighted by Crippen LogP contribution is 2.25. The Kier molecular flexibility index (Phi) is 9.06. The van der Waals surface area contributed by atoms with Gasteiger partial charge in [-0.2, -0.15) is 0 Å². The minimum absolute atomic E-state index is 0. The molecule has 2 aromatic carbocycles. The van der Waals surface area contributed by atoms with E-state index in [-0.39, 0.29) is 18.5 Å². The molecule has 4 nitrogen and oxygen atoms in total. The van der Waals surface area contributed by atoms with Gasteiger partial charge >= 0.3 is 0 Å². The van der Waals surface area contributed by atoms with Crippen LogP contribution in [0.3, 0.4) is 0 Å². The van der Waals surface area contributed by atoms with Crippen LogP contribution >= 0.6 is 28.3 Å². The number of hydrogen-bond acceptors (Lipinski definition) is 4. The largest absolute Gasteiger partial charge is 0.491 e. The molecule has 1 aliphatic rings. The molecule has 0 amide bonds. The Morgan fingerprint density at radius 1 is 1.26 bits per heavy atom. The third kappa shape index (κ3) is 6.77. The Labute approximate surface area is 176 Å². The molecule has 0 radical (unpaired) electrons. The van der Waals surface area contributed by atoms with Gasteiger partial charge in [0.1, 0.15) is 18.5 Å². The average Bonchev–Trinajstić information content (AvgIpc) is 2.67. The molecule has 0 spiro atoms. The van der Waals surface area contributed by atoms with E-state index in [2.05, 4.69) is 52.0 Å². The van der Waals surface area contributed by atoms with Crippen LogP contribution in [0.5, 0.6) is 5.75 Å². The van der Waals surface area contributed by atoms with E-state index in [1.165, 1.54) is 5.56 Å². The lowest BCUT2D eigenvalue weighted by molar-refractivity contribution is -0.0459. The molecule has 3 rings (SSSR count). The zero-order valence-electron chi connectivity index (χ0n) is 15.5. The van der Waals surface area contributed by atoms with Crippen molar-refractivity contribution in [3.8, 4) is 5.75 Å². The lowest BCUT2D eigenvalue weighted by atomic mass is 10.1. The van der Waals surface area contributed by atoms with Gasteiger partial charge in [-0.25, -0.2) is 0 Å². The molecule has 0 aliphatic carbocycles. The lowest BCUT2D eigenvalue weighted by Crippen LogP contribution is -2.43. The number of hydrogen-bond donors (Lipinski definition) is 1. The summed E-state index contributed by atoms with van der Waals surface area (Å²) < 4.78 is 12.7. The summed E-state index contributed by atoms with van der Waals surface area (Å²) in [6, 6.07) is 16.3. The Morgan fingerprint density at radius 2 is 2.04 bits per heavy atom. The second-order valence-corrected chi connectivity index (χ2v) is 7.55. The number of rotatable bonds is 7. The number of halogens is 2. The van der Waals surface area contributed by atoms with Crippen molar-refractivity contribution in [2.45, 2.75) is 25.6 Å². The molecule has 27 heavy (non-hydrogen) atoms. The number of ether oxygens (including phenoxy) is 2. The van der Waals surface area contributed by atoms with E-state index in [1.807, 2.05) is 24.3 Å². The second-order valence-electron chi connectivity index (χ2n) is 6.64. The molecular formula is C21H27BrClNO3. The molecule has 1 aliphatic heterocycles. The van der Waals surface area contributed by atoms with Crippen LogP contribution in [-0.4, -0.2) is 49.0 Å². The van der Waals surface area contributed by atoms with Crippen molar-refractivity contribution in [3.05, 3.63) is 64.1 Å². The van der Waals surface area contributed by atoms with Gasteiger partial charge in [0, 0.05) is 24.1 Å². The molecule has 0 saturated carbocycles. The van der Waals surface area contributed by atoms with Crippen LogP contribution in [0.4, 0.5) is 0 Å². The van der Waals surface area contributed by atoms with E-state index < -0.39 is 6.10 Å².